The molecule has 0 aliphatic heterocycles. The van der Waals surface area contributed by atoms with Crippen LogP contribution in [-0.2, 0) is 6.54 Å². The normalized spacial score (nSPS) is 15.7. The van der Waals surface area contributed by atoms with Crippen molar-refractivity contribution in [2.45, 2.75) is 51.6 Å². The summed E-state index contributed by atoms with van der Waals surface area (Å²) in [5, 5.41) is 7.81. The van der Waals surface area contributed by atoms with Crippen molar-refractivity contribution in [2.24, 2.45) is 0 Å². The van der Waals surface area contributed by atoms with E-state index in [9.17, 15) is 4.79 Å². The lowest BCUT2D eigenvalue weighted by molar-refractivity contribution is 0.474. The molecule has 0 unspecified atom stereocenters. The minimum Gasteiger partial charge on any atom is -0.373 e. The van der Waals surface area contributed by atoms with Gasteiger partial charge in [-0.25, -0.2) is 4.68 Å². The second kappa shape index (κ2) is 7.43. The van der Waals surface area contributed by atoms with E-state index in [1.807, 2.05) is 11.9 Å². The van der Waals surface area contributed by atoms with Crippen LogP contribution in [-0.4, -0.2) is 36.0 Å². The standard InChI is InChI=1S/C15H26N4O/c1-3-18(2)14-11-15(20)19(17-12-14)10-6-9-16-13-7-4-5-8-13/h11-13,16H,3-10H2,1-2H3. The molecule has 0 spiro atoms. The first-order valence-electron chi connectivity index (χ1n) is 7.72. The Hall–Kier alpha value is -1.36. The first kappa shape index (κ1) is 15.0. The monoisotopic (exact) mass is 278 g/mol. The summed E-state index contributed by atoms with van der Waals surface area (Å²) in [4.78, 5) is 14.0. The second-order valence-corrected chi connectivity index (χ2v) is 5.58. The number of aryl methyl sites for hydroxylation is 1. The molecule has 1 heterocycles. The van der Waals surface area contributed by atoms with Crippen molar-refractivity contribution < 1.29 is 0 Å². The highest BCUT2D eigenvalue weighted by Gasteiger charge is 2.13. The maximum absolute atomic E-state index is 12.0. The fraction of sp³-hybridized carbons (Fsp3) is 0.733. The van der Waals surface area contributed by atoms with Crippen molar-refractivity contribution in [2.75, 3.05) is 25.0 Å². The van der Waals surface area contributed by atoms with Gasteiger partial charge in [-0.05, 0) is 32.7 Å². The largest absolute Gasteiger partial charge is 0.373 e. The molecule has 2 rings (SSSR count). The lowest BCUT2D eigenvalue weighted by Crippen LogP contribution is -2.30. The third-order valence-corrected chi connectivity index (χ3v) is 4.11. The molecule has 0 atom stereocenters. The molecule has 1 aliphatic carbocycles. The van der Waals surface area contributed by atoms with Gasteiger partial charge in [-0.3, -0.25) is 4.79 Å². The Kier molecular flexibility index (Phi) is 5.59. The molecule has 5 nitrogen and oxygen atoms in total. The van der Waals surface area contributed by atoms with Gasteiger partial charge in [0.15, 0.2) is 0 Å². The van der Waals surface area contributed by atoms with Gasteiger partial charge in [0, 0.05) is 32.2 Å². The van der Waals surface area contributed by atoms with Crippen LogP contribution < -0.4 is 15.8 Å². The fourth-order valence-corrected chi connectivity index (χ4v) is 2.65. The molecule has 1 aliphatic rings. The molecular weight excluding hydrogens is 252 g/mol. The number of nitrogens with zero attached hydrogens (tertiary/aromatic N) is 3. The molecule has 1 saturated carbocycles. The molecule has 0 saturated heterocycles. The number of hydrogen-bond acceptors (Lipinski definition) is 4. The minimum atomic E-state index is -0.0105. The summed E-state index contributed by atoms with van der Waals surface area (Å²) in [5.74, 6) is 0. The Balaban J connectivity index is 1.79. The van der Waals surface area contributed by atoms with E-state index in [4.69, 9.17) is 0 Å². The van der Waals surface area contributed by atoms with Gasteiger partial charge in [-0.2, -0.15) is 5.10 Å². The first-order valence-corrected chi connectivity index (χ1v) is 7.72. The maximum atomic E-state index is 12.0. The van der Waals surface area contributed by atoms with E-state index in [0.29, 0.717) is 12.6 Å². The van der Waals surface area contributed by atoms with Crippen molar-refractivity contribution in [3.05, 3.63) is 22.6 Å². The Bertz CT molecular complexity index is 465. The molecule has 1 aromatic rings. The van der Waals surface area contributed by atoms with Gasteiger partial charge in [0.1, 0.15) is 0 Å². The molecule has 0 radical (unpaired) electrons. The van der Waals surface area contributed by atoms with Crippen LogP contribution >= 0.6 is 0 Å². The van der Waals surface area contributed by atoms with Crippen LogP contribution in [0.1, 0.15) is 39.0 Å². The molecule has 112 valence electrons. The number of rotatable bonds is 7. The third-order valence-electron chi connectivity index (χ3n) is 4.11. The minimum absolute atomic E-state index is 0.0105. The molecule has 0 amide bonds. The number of aromatic nitrogens is 2. The summed E-state index contributed by atoms with van der Waals surface area (Å²) in [6, 6.07) is 2.36. The van der Waals surface area contributed by atoms with Gasteiger partial charge in [0.05, 0.1) is 11.9 Å². The van der Waals surface area contributed by atoms with Gasteiger partial charge in [-0.1, -0.05) is 12.8 Å². The van der Waals surface area contributed by atoms with Crippen LogP contribution in [0.4, 0.5) is 5.69 Å². The molecular formula is C15H26N4O. The predicted octanol–water partition coefficient (Wildman–Crippen LogP) is 1.62. The van der Waals surface area contributed by atoms with Gasteiger partial charge >= 0.3 is 0 Å². The average Bonchev–Trinajstić information content (AvgIpc) is 2.97. The Labute approximate surface area is 121 Å². The summed E-state index contributed by atoms with van der Waals surface area (Å²) in [5.41, 5.74) is 0.876. The zero-order valence-corrected chi connectivity index (χ0v) is 12.6. The summed E-state index contributed by atoms with van der Waals surface area (Å²) in [7, 11) is 1.96. The quantitative estimate of drug-likeness (QED) is 0.770. The molecule has 1 fully saturated rings. The van der Waals surface area contributed by atoms with E-state index >= 15 is 0 Å². The Morgan fingerprint density at radius 3 is 2.85 bits per heavy atom. The van der Waals surface area contributed by atoms with E-state index in [1.165, 1.54) is 25.7 Å². The van der Waals surface area contributed by atoms with Crippen LogP contribution in [0, 0.1) is 0 Å². The summed E-state index contributed by atoms with van der Waals surface area (Å²) >= 11 is 0. The lowest BCUT2D eigenvalue weighted by atomic mass is 10.2. The number of nitrogens with one attached hydrogen (secondary N) is 1. The maximum Gasteiger partial charge on any atom is 0.268 e. The van der Waals surface area contributed by atoms with Crippen LogP contribution in [0.3, 0.4) is 0 Å². The molecule has 20 heavy (non-hydrogen) atoms. The summed E-state index contributed by atoms with van der Waals surface area (Å²) in [6.45, 7) is 4.58. The highest BCUT2D eigenvalue weighted by molar-refractivity contribution is 5.41. The molecule has 5 heteroatoms. The zero-order chi connectivity index (χ0) is 14.4. The van der Waals surface area contributed by atoms with Gasteiger partial charge in [0.2, 0.25) is 0 Å². The smallest absolute Gasteiger partial charge is 0.268 e. The Morgan fingerprint density at radius 1 is 1.45 bits per heavy atom. The van der Waals surface area contributed by atoms with E-state index < -0.39 is 0 Å². The topological polar surface area (TPSA) is 50.2 Å². The highest BCUT2D eigenvalue weighted by atomic mass is 16.1. The van der Waals surface area contributed by atoms with Crippen molar-refractivity contribution in [3.63, 3.8) is 0 Å². The van der Waals surface area contributed by atoms with Crippen molar-refractivity contribution >= 4 is 5.69 Å². The van der Waals surface area contributed by atoms with Crippen LogP contribution in [0.2, 0.25) is 0 Å². The zero-order valence-electron chi connectivity index (χ0n) is 12.6. The lowest BCUT2D eigenvalue weighted by Gasteiger charge is -2.16. The number of hydrogen-bond donors (Lipinski definition) is 1. The Morgan fingerprint density at radius 2 is 2.20 bits per heavy atom. The number of anilines is 1. The molecule has 1 N–H and O–H groups in total. The predicted molar refractivity (Wildman–Crippen MR) is 82.3 cm³/mol. The van der Waals surface area contributed by atoms with E-state index in [0.717, 1.165) is 25.2 Å². The molecule has 0 aromatic carbocycles. The fourth-order valence-electron chi connectivity index (χ4n) is 2.65. The first-order chi connectivity index (χ1) is 9.70. The van der Waals surface area contributed by atoms with E-state index in [2.05, 4.69) is 17.3 Å². The van der Waals surface area contributed by atoms with Crippen LogP contribution in [0.5, 0.6) is 0 Å². The highest BCUT2D eigenvalue weighted by Crippen LogP contribution is 2.17. The van der Waals surface area contributed by atoms with Gasteiger partial charge in [0.25, 0.3) is 5.56 Å². The van der Waals surface area contributed by atoms with E-state index in [1.54, 1.807) is 16.9 Å². The van der Waals surface area contributed by atoms with Crippen molar-refractivity contribution in [1.29, 1.82) is 0 Å². The van der Waals surface area contributed by atoms with Crippen LogP contribution in [0.25, 0.3) is 0 Å². The summed E-state index contributed by atoms with van der Waals surface area (Å²) < 4.78 is 1.56. The SMILES string of the molecule is CCN(C)c1cnn(CCCNC2CCCC2)c(=O)c1. The van der Waals surface area contributed by atoms with Crippen LogP contribution in [0.15, 0.2) is 17.1 Å². The molecule has 1 aromatic heterocycles. The van der Waals surface area contributed by atoms with E-state index in [-0.39, 0.29) is 5.56 Å². The summed E-state index contributed by atoms with van der Waals surface area (Å²) in [6.07, 6.45) is 8.03. The third kappa shape index (κ3) is 4.07. The van der Waals surface area contributed by atoms with Gasteiger partial charge < -0.3 is 10.2 Å². The van der Waals surface area contributed by atoms with Gasteiger partial charge in [-0.15, -0.1) is 0 Å². The molecule has 0 bridgehead atoms. The second-order valence-electron chi connectivity index (χ2n) is 5.58. The average molecular weight is 278 g/mol. The van der Waals surface area contributed by atoms with Crippen molar-refractivity contribution in [3.8, 4) is 0 Å². The van der Waals surface area contributed by atoms with Crippen molar-refractivity contribution in [1.82, 2.24) is 15.1 Å².